The molecule has 120 valence electrons. The molecule has 2 aliphatic heterocycles. The molecule has 2 amide bonds. The van der Waals surface area contributed by atoms with E-state index in [0.717, 1.165) is 9.37 Å². The number of benzene rings is 2. The van der Waals surface area contributed by atoms with Gasteiger partial charge in [0.15, 0.2) is 0 Å². The summed E-state index contributed by atoms with van der Waals surface area (Å²) in [5.41, 5.74) is 1.38. The van der Waals surface area contributed by atoms with Crippen LogP contribution < -0.4 is 4.90 Å². The van der Waals surface area contributed by atoms with E-state index in [2.05, 4.69) is 21.1 Å². The largest absolute Gasteiger partial charge is 0.381 e. The number of rotatable bonds is 2. The predicted octanol–water partition coefficient (Wildman–Crippen LogP) is 2.88. The van der Waals surface area contributed by atoms with E-state index in [9.17, 15) is 14.0 Å². The van der Waals surface area contributed by atoms with E-state index in [1.165, 1.54) is 24.3 Å². The Bertz CT molecular complexity index is 864. The van der Waals surface area contributed by atoms with Gasteiger partial charge in [-0.1, -0.05) is 33.2 Å². The van der Waals surface area contributed by atoms with Crippen molar-refractivity contribution in [3.63, 3.8) is 0 Å². The third-order valence-electron chi connectivity index (χ3n) is 4.04. The van der Waals surface area contributed by atoms with Crippen molar-refractivity contribution in [2.45, 2.75) is 6.10 Å². The minimum absolute atomic E-state index is 0.345. The molecule has 0 aromatic heterocycles. The van der Waals surface area contributed by atoms with E-state index in [0.29, 0.717) is 17.0 Å². The average Bonchev–Trinajstić information content (AvgIpc) is 3.11. The Kier molecular flexibility index (Phi) is 3.45. The second kappa shape index (κ2) is 5.52. The standard InChI is InChI=1S/C17H10BrFN2O3/c18-10-3-7-12(8-4-10)21-16(22)13-14(20-24-15(13)17(21)23)9-1-5-11(19)6-2-9/h1-8,13,15H/t13-,15-/m0/s1. The van der Waals surface area contributed by atoms with Crippen LogP contribution in [0.4, 0.5) is 10.1 Å². The van der Waals surface area contributed by atoms with Gasteiger partial charge >= 0.3 is 0 Å². The zero-order valence-corrected chi connectivity index (χ0v) is 13.7. The Morgan fingerprint density at radius 1 is 1.00 bits per heavy atom. The number of anilines is 1. The molecule has 0 saturated carbocycles. The topological polar surface area (TPSA) is 59.0 Å². The van der Waals surface area contributed by atoms with Crippen molar-refractivity contribution in [3.05, 3.63) is 64.4 Å². The van der Waals surface area contributed by atoms with Gasteiger partial charge in [0.25, 0.3) is 5.91 Å². The van der Waals surface area contributed by atoms with E-state index >= 15 is 0 Å². The third kappa shape index (κ3) is 2.24. The lowest BCUT2D eigenvalue weighted by Crippen LogP contribution is -2.33. The zero-order valence-electron chi connectivity index (χ0n) is 12.1. The van der Waals surface area contributed by atoms with Gasteiger partial charge in [-0.3, -0.25) is 9.59 Å². The van der Waals surface area contributed by atoms with Gasteiger partial charge in [-0.25, -0.2) is 9.29 Å². The quantitative estimate of drug-likeness (QED) is 0.743. The lowest BCUT2D eigenvalue weighted by molar-refractivity contribution is -0.126. The summed E-state index contributed by atoms with van der Waals surface area (Å²) < 4.78 is 13.9. The molecule has 0 bridgehead atoms. The molecule has 5 nitrogen and oxygen atoms in total. The first-order valence-corrected chi connectivity index (χ1v) is 7.98. The van der Waals surface area contributed by atoms with Crippen LogP contribution >= 0.6 is 15.9 Å². The van der Waals surface area contributed by atoms with Crippen LogP contribution in [0.3, 0.4) is 0 Å². The Hall–Kier alpha value is -2.54. The molecule has 2 aromatic carbocycles. The SMILES string of the molecule is O=C1[C@H]2C(c3ccc(F)cc3)=NO[C@@H]2C(=O)N1c1ccc(Br)cc1. The molecule has 1 saturated heterocycles. The molecule has 7 heteroatoms. The Morgan fingerprint density at radius 2 is 1.67 bits per heavy atom. The molecular weight excluding hydrogens is 379 g/mol. The number of nitrogens with zero attached hydrogens (tertiary/aromatic N) is 2. The van der Waals surface area contributed by atoms with Crippen molar-refractivity contribution in [3.8, 4) is 0 Å². The Morgan fingerprint density at radius 3 is 2.33 bits per heavy atom. The van der Waals surface area contributed by atoms with Gasteiger partial charge in [0, 0.05) is 10.0 Å². The fraction of sp³-hybridized carbons (Fsp3) is 0.118. The van der Waals surface area contributed by atoms with Crippen LogP contribution in [0.25, 0.3) is 0 Å². The van der Waals surface area contributed by atoms with Crippen LogP contribution in [0.2, 0.25) is 0 Å². The van der Waals surface area contributed by atoms with E-state index in [-0.39, 0.29) is 5.82 Å². The molecule has 0 unspecified atom stereocenters. The molecule has 0 spiro atoms. The van der Waals surface area contributed by atoms with Gasteiger partial charge in [-0.05, 0) is 36.4 Å². The first-order chi connectivity index (χ1) is 11.6. The van der Waals surface area contributed by atoms with Crippen molar-refractivity contribution in [1.82, 2.24) is 0 Å². The minimum Gasteiger partial charge on any atom is -0.381 e. The smallest absolute Gasteiger partial charge is 0.278 e. The van der Waals surface area contributed by atoms with Gasteiger partial charge in [0.2, 0.25) is 12.0 Å². The lowest BCUT2D eigenvalue weighted by atomic mass is 9.94. The number of carbonyl (C=O) groups is 2. The maximum absolute atomic E-state index is 13.1. The molecule has 0 N–H and O–H groups in total. The van der Waals surface area contributed by atoms with Crippen molar-refractivity contribution >= 4 is 39.1 Å². The number of fused-ring (bicyclic) bond motifs is 1. The minimum atomic E-state index is -0.971. The number of amides is 2. The van der Waals surface area contributed by atoms with Gasteiger partial charge in [-0.15, -0.1) is 0 Å². The van der Waals surface area contributed by atoms with E-state index in [4.69, 9.17) is 4.84 Å². The summed E-state index contributed by atoms with van der Waals surface area (Å²) in [6.07, 6.45) is -0.971. The summed E-state index contributed by atoms with van der Waals surface area (Å²) in [5.74, 6) is -2.05. The zero-order chi connectivity index (χ0) is 16.8. The van der Waals surface area contributed by atoms with Crippen LogP contribution in [0.5, 0.6) is 0 Å². The van der Waals surface area contributed by atoms with Crippen molar-refractivity contribution in [2.24, 2.45) is 11.1 Å². The molecule has 2 aromatic rings. The van der Waals surface area contributed by atoms with E-state index < -0.39 is 23.8 Å². The molecule has 0 radical (unpaired) electrons. The molecule has 2 atom stereocenters. The predicted molar refractivity (Wildman–Crippen MR) is 87.9 cm³/mol. The van der Waals surface area contributed by atoms with E-state index in [1.54, 1.807) is 24.3 Å². The van der Waals surface area contributed by atoms with Gasteiger partial charge in [0.1, 0.15) is 17.4 Å². The monoisotopic (exact) mass is 388 g/mol. The fourth-order valence-corrected chi connectivity index (χ4v) is 3.15. The second-order valence-corrected chi connectivity index (χ2v) is 6.39. The summed E-state index contributed by atoms with van der Waals surface area (Å²) in [4.78, 5) is 31.7. The lowest BCUT2D eigenvalue weighted by Gasteiger charge is -2.15. The number of hydrogen-bond acceptors (Lipinski definition) is 4. The van der Waals surface area contributed by atoms with Crippen LogP contribution in [0, 0.1) is 11.7 Å². The molecule has 0 aliphatic carbocycles. The molecule has 2 heterocycles. The van der Waals surface area contributed by atoms with Crippen molar-refractivity contribution in [2.75, 3.05) is 4.90 Å². The molecule has 2 aliphatic rings. The second-order valence-electron chi connectivity index (χ2n) is 5.48. The number of imide groups is 1. The van der Waals surface area contributed by atoms with Crippen LogP contribution in [-0.4, -0.2) is 23.6 Å². The highest BCUT2D eigenvalue weighted by Gasteiger charge is 2.56. The molecule has 4 rings (SSSR count). The Labute approximate surface area is 144 Å². The number of halogens is 2. The van der Waals surface area contributed by atoms with Crippen LogP contribution in [0.1, 0.15) is 5.56 Å². The average molecular weight is 389 g/mol. The van der Waals surface area contributed by atoms with Crippen LogP contribution in [-0.2, 0) is 14.4 Å². The van der Waals surface area contributed by atoms with Gasteiger partial charge in [0.05, 0.1) is 5.69 Å². The highest BCUT2D eigenvalue weighted by Crippen LogP contribution is 2.35. The summed E-state index contributed by atoms with van der Waals surface area (Å²) in [7, 11) is 0. The first kappa shape index (κ1) is 15.0. The molecule has 1 fully saturated rings. The maximum atomic E-state index is 13.1. The fourth-order valence-electron chi connectivity index (χ4n) is 2.88. The van der Waals surface area contributed by atoms with Gasteiger partial charge < -0.3 is 4.84 Å². The van der Waals surface area contributed by atoms with Crippen LogP contribution in [0.15, 0.2) is 58.2 Å². The van der Waals surface area contributed by atoms with E-state index in [1.807, 2.05) is 0 Å². The highest BCUT2D eigenvalue weighted by molar-refractivity contribution is 9.10. The summed E-state index contributed by atoms with van der Waals surface area (Å²) in [6, 6.07) is 12.4. The van der Waals surface area contributed by atoms with Crippen molar-refractivity contribution < 1.29 is 18.8 Å². The number of carbonyl (C=O) groups excluding carboxylic acids is 2. The van der Waals surface area contributed by atoms with Gasteiger partial charge in [-0.2, -0.15) is 0 Å². The highest BCUT2D eigenvalue weighted by atomic mass is 79.9. The summed E-state index contributed by atoms with van der Waals surface area (Å²) >= 11 is 3.32. The summed E-state index contributed by atoms with van der Waals surface area (Å²) in [5, 5.41) is 3.88. The van der Waals surface area contributed by atoms with Crippen molar-refractivity contribution in [1.29, 1.82) is 0 Å². The number of hydrogen-bond donors (Lipinski definition) is 0. The Balaban J connectivity index is 1.69. The maximum Gasteiger partial charge on any atom is 0.278 e. The molecule has 24 heavy (non-hydrogen) atoms. The normalized spacial score (nSPS) is 22.4. The third-order valence-corrected chi connectivity index (χ3v) is 4.57. The summed E-state index contributed by atoms with van der Waals surface area (Å²) in [6.45, 7) is 0. The number of oxime groups is 1. The first-order valence-electron chi connectivity index (χ1n) is 7.19. The molecular formula is C17H10BrFN2O3.